The van der Waals surface area contributed by atoms with Crippen molar-refractivity contribution in [1.82, 2.24) is 20.2 Å². The number of nitrogens with zero attached hydrogens (tertiary/aromatic N) is 3. The van der Waals surface area contributed by atoms with Crippen molar-refractivity contribution in [3.8, 4) is 11.6 Å². The van der Waals surface area contributed by atoms with E-state index in [1.54, 1.807) is 38.4 Å². The summed E-state index contributed by atoms with van der Waals surface area (Å²) in [5.41, 5.74) is -0.329. The Hall–Kier alpha value is -3.27. The van der Waals surface area contributed by atoms with Gasteiger partial charge in [-0.1, -0.05) is 45.0 Å². The van der Waals surface area contributed by atoms with Gasteiger partial charge in [-0.2, -0.15) is 4.98 Å². The van der Waals surface area contributed by atoms with Crippen LogP contribution in [0, 0.1) is 0 Å². The largest absolute Gasteiger partial charge is 0.438 e. The van der Waals surface area contributed by atoms with Gasteiger partial charge in [0.25, 0.3) is 5.91 Å². The zero-order chi connectivity index (χ0) is 24.8. The van der Waals surface area contributed by atoms with Gasteiger partial charge in [-0.15, -0.1) is 0 Å². The van der Waals surface area contributed by atoms with Crippen molar-refractivity contribution in [3.05, 3.63) is 59.4 Å². The van der Waals surface area contributed by atoms with Crippen LogP contribution in [0.25, 0.3) is 0 Å². The fourth-order valence-corrected chi connectivity index (χ4v) is 3.06. The van der Waals surface area contributed by atoms with E-state index in [0.29, 0.717) is 11.6 Å². The fourth-order valence-electron chi connectivity index (χ4n) is 2.58. The number of nitrogens with one attached hydrogen (secondary N) is 1. The summed E-state index contributed by atoms with van der Waals surface area (Å²) in [6.45, 7) is 5.81. The third kappa shape index (κ3) is 8.30. The van der Waals surface area contributed by atoms with E-state index in [9.17, 15) is 18.0 Å². The van der Waals surface area contributed by atoms with Gasteiger partial charge in [0, 0.05) is 37.4 Å². The zero-order valence-electron chi connectivity index (χ0n) is 19.7. The smallest absolute Gasteiger partial charge is 0.258 e. The molecule has 178 valence electrons. The van der Waals surface area contributed by atoms with Crippen molar-refractivity contribution in [1.29, 1.82) is 0 Å². The van der Waals surface area contributed by atoms with E-state index < -0.39 is 21.8 Å². The standard InChI is InChI=1S/C23H30N4O5S/c1-23(2,3)22-24-15-18(21(26-22)32-17-10-8-7-9-11-17)20(29)25-16(12-13-33(6,30)31)14-19(28)27(4)5/h7-13,15-16H,14H2,1-6H3,(H,25,29). The van der Waals surface area contributed by atoms with E-state index in [0.717, 1.165) is 11.7 Å². The number of amides is 2. The van der Waals surface area contributed by atoms with Crippen LogP contribution in [0.15, 0.2) is 48.0 Å². The van der Waals surface area contributed by atoms with Gasteiger partial charge in [0.2, 0.25) is 11.8 Å². The van der Waals surface area contributed by atoms with Crippen LogP contribution in [0.3, 0.4) is 0 Å². The molecule has 1 N–H and O–H groups in total. The second kappa shape index (κ2) is 10.6. The summed E-state index contributed by atoms with van der Waals surface area (Å²) in [6.07, 6.45) is 3.55. The summed E-state index contributed by atoms with van der Waals surface area (Å²) in [7, 11) is -0.301. The highest BCUT2D eigenvalue weighted by Crippen LogP contribution is 2.26. The van der Waals surface area contributed by atoms with Crippen LogP contribution in [0.5, 0.6) is 11.6 Å². The molecule has 1 atom stereocenters. The summed E-state index contributed by atoms with van der Waals surface area (Å²) in [6, 6.07) is 8.01. The summed E-state index contributed by atoms with van der Waals surface area (Å²) in [5, 5.41) is 3.64. The second-order valence-electron chi connectivity index (χ2n) is 8.81. The molecule has 1 aromatic carbocycles. The molecular weight excluding hydrogens is 444 g/mol. The maximum Gasteiger partial charge on any atom is 0.258 e. The first kappa shape index (κ1) is 26.0. The van der Waals surface area contributed by atoms with E-state index in [1.165, 1.54) is 17.2 Å². The number of hydrogen-bond acceptors (Lipinski definition) is 7. The highest BCUT2D eigenvalue weighted by molar-refractivity contribution is 7.93. The molecule has 0 aliphatic heterocycles. The Kier molecular flexibility index (Phi) is 8.32. The van der Waals surface area contributed by atoms with E-state index in [-0.39, 0.29) is 29.2 Å². The summed E-state index contributed by atoms with van der Waals surface area (Å²) >= 11 is 0. The van der Waals surface area contributed by atoms with Gasteiger partial charge in [0.05, 0.1) is 12.5 Å². The molecule has 2 aromatic rings. The number of carbonyl (C=O) groups excluding carboxylic acids is 2. The summed E-state index contributed by atoms with van der Waals surface area (Å²) in [5.74, 6) is 0.153. The third-order valence-corrected chi connectivity index (χ3v) is 5.05. The Bertz CT molecular complexity index is 1120. The molecule has 0 aliphatic carbocycles. The molecule has 0 saturated heterocycles. The van der Waals surface area contributed by atoms with Gasteiger partial charge >= 0.3 is 0 Å². The van der Waals surface area contributed by atoms with Crippen LogP contribution >= 0.6 is 0 Å². The number of aromatic nitrogens is 2. The van der Waals surface area contributed by atoms with Crippen LogP contribution in [0.4, 0.5) is 0 Å². The molecule has 0 saturated carbocycles. The minimum absolute atomic E-state index is 0.0573. The molecule has 0 fully saturated rings. The fraction of sp³-hybridized carbons (Fsp3) is 0.391. The topological polar surface area (TPSA) is 119 Å². The minimum Gasteiger partial charge on any atom is -0.438 e. The average Bonchev–Trinajstić information content (AvgIpc) is 2.71. The molecule has 2 rings (SSSR count). The van der Waals surface area contributed by atoms with Gasteiger partial charge in [-0.3, -0.25) is 9.59 Å². The maximum absolute atomic E-state index is 13.1. The van der Waals surface area contributed by atoms with Crippen LogP contribution in [0.1, 0.15) is 43.4 Å². The number of para-hydroxylation sites is 1. The van der Waals surface area contributed by atoms with Gasteiger partial charge < -0.3 is 15.0 Å². The van der Waals surface area contributed by atoms with Crippen LogP contribution in [-0.2, 0) is 20.0 Å². The van der Waals surface area contributed by atoms with Gasteiger partial charge in [-0.25, -0.2) is 13.4 Å². The quantitative estimate of drug-likeness (QED) is 0.625. The number of ether oxygens (including phenoxy) is 1. The first-order chi connectivity index (χ1) is 15.3. The molecule has 10 heteroatoms. The van der Waals surface area contributed by atoms with Crippen molar-refractivity contribution < 1.29 is 22.7 Å². The number of sulfone groups is 1. The molecule has 33 heavy (non-hydrogen) atoms. The highest BCUT2D eigenvalue weighted by Gasteiger charge is 2.25. The number of benzene rings is 1. The molecule has 0 radical (unpaired) electrons. The lowest BCUT2D eigenvalue weighted by Gasteiger charge is -2.20. The third-order valence-electron chi connectivity index (χ3n) is 4.39. The number of rotatable bonds is 8. The monoisotopic (exact) mass is 474 g/mol. The van der Waals surface area contributed by atoms with Gasteiger partial charge in [0.15, 0.2) is 9.84 Å². The van der Waals surface area contributed by atoms with E-state index in [1.807, 2.05) is 26.8 Å². The van der Waals surface area contributed by atoms with Gasteiger partial charge in [0.1, 0.15) is 17.1 Å². The SMILES string of the molecule is CN(C)C(=O)CC(C=CS(C)(=O)=O)NC(=O)c1cnc(C(C)(C)C)nc1Oc1ccccc1. The van der Waals surface area contributed by atoms with E-state index >= 15 is 0 Å². The Morgan fingerprint density at radius 2 is 1.82 bits per heavy atom. The van der Waals surface area contributed by atoms with Gasteiger partial charge in [-0.05, 0) is 12.1 Å². The van der Waals surface area contributed by atoms with Crippen LogP contribution in [-0.4, -0.2) is 61.5 Å². The van der Waals surface area contributed by atoms with E-state index in [4.69, 9.17) is 4.74 Å². The maximum atomic E-state index is 13.1. The molecule has 1 aromatic heterocycles. The Labute approximate surface area is 194 Å². The highest BCUT2D eigenvalue weighted by atomic mass is 32.2. The molecule has 0 aliphatic rings. The predicted octanol–water partition coefficient (Wildman–Crippen LogP) is 2.70. The molecule has 9 nitrogen and oxygen atoms in total. The minimum atomic E-state index is -3.45. The first-order valence-corrected chi connectivity index (χ1v) is 12.2. The normalized spacial score (nSPS) is 12.9. The first-order valence-electron chi connectivity index (χ1n) is 10.3. The summed E-state index contributed by atoms with van der Waals surface area (Å²) in [4.78, 5) is 35.5. The van der Waals surface area contributed by atoms with Crippen molar-refractivity contribution in [3.63, 3.8) is 0 Å². The molecule has 2 amide bonds. The molecule has 0 spiro atoms. The molecule has 1 heterocycles. The second-order valence-corrected chi connectivity index (χ2v) is 10.7. The Balaban J connectivity index is 2.41. The Morgan fingerprint density at radius 3 is 2.36 bits per heavy atom. The van der Waals surface area contributed by atoms with Crippen molar-refractivity contribution >= 4 is 21.7 Å². The molecule has 1 unspecified atom stereocenters. The molecule has 0 bridgehead atoms. The van der Waals surface area contributed by atoms with Crippen molar-refractivity contribution in [2.24, 2.45) is 0 Å². The number of carbonyl (C=O) groups is 2. The lowest BCUT2D eigenvalue weighted by molar-refractivity contribution is -0.128. The van der Waals surface area contributed by atoms with E-state index in [2.05, 4.69) is 15.3 Å². The van der Waals surface area contributed by atoms with Crippen molar-refractivity contribution in [2.45, 2.75) is 38.6 Å². The van der Waals surface area contributed by atoms with Crippen LogP contribution in [0.2, 0.25) is 0 Å². The average molecular weight is 475 g/mol. The zero-order valence-corrected chi connectivity index (χ0v) is 20.5. The summed E-state index contributed by atoms with van der Waals surface area (Å²) < 4.78 is 29.0. The lowest BCUT2D eigenvalue weighted by atomic mass is 9.95. The molecular formula is C23H30N4O5S. The number of hydrogen-bond donors (Lipinski definition) is 1. The Morgan fingerprint density at radius 1 is 1.18 bits per heavy atom. The van der Waals surface area contributed by atoms with Crippen molar-refractivity contribution in [2.75, 3.05) is 20.4 Å². The lowest BCUT2D eigenvalue weighted by Crippen LogP contribution is -2.38. The predicted molar refractivity (Wildman–Crippen MR) is 126 cm³/mol. The van der Waals surface area contributed by atoms with Crippen LogP contribution < -0.4 is 10.1 Å².